The Labute approximate surface area is 261 Å². The van der Waals surface area contributed by atoms with Gasteiger partial charge in [0, 0.05) is 52.6 Å². The first-order valence-electron chi connectivity index (χ1n) is 11.8. The summed E-state index contributed by atoms with van der Waals surface area (Å²) in [6.07, 6.45) is 1.68. The molecule has 4 rings (SSSR count). The summed E-state index contributed by atoms with van der Waals surface area (Å²) >= 11 is 4.37. The second-order valence-electron chi connectivity index (χ2n) is 8.60. The van der Waals surface area contributed by atoms with Gasteiger partial charge in [0.2, 0.25) is 0 Å². The van der Waals surface area contributed by atoms with Gasteiger partial charge in [-0.15, -0.1) is 0 Å². The quantitative estimate of drug-likeness (QED) is 0.0443. The number of nitrogens with two attached hydrogens (primary N) is 1. The fourth-order valence-corrected chi connectivity index (χ4v) is 6.29. The maximum atomic E-state index is 9.05. The van der Waals surface area contributed by atoms with Crippen LogP contribution in [0.5, 0.6) is 5.75 Å². The summed E-state index contributed by atoms with van der Waals surface area (Å²) in [6.45, 7) is 2.16. The molecular weight excluding hydrogens is 748 g/mol. The molecule has 4 aromatic carbocycles. The highest BCUT2D eigenvalue weighted by Crippen LogP contribution is 2.42. The van der Waals surface area contributed by atoms with Crippen LogP contribution in [0.4, 0.5) is 17.1 Å². The second-order valence-corrected chi connectivity index (χ2v) is 11.0. The van der Waals surface area contributed by atoms with Gasteiger partial charge >= 0.3 is 0 Å². The Kier molecular flexibility index (Phi) is 10.0. The van der Waals surface area contributed by atoms with Crippen LogP contribution in [-0.4, -0.2) is 6.21 Å². The normalized spacial score (nSPS) is 10.4. The number of azide groups is 3. The van der Waals surface area contributed by atoms with Gasteiger partial charge in [-0.25, -0.2) is 0 Å². The predicted octanol–water partition coefficient (Wildman–Crippen LogP) is 10.2. The van der Waals surface area contributed by atoms with Gasteiger partial charge in [-0.1, -0.05) is 57.3 Å². The second kappa shape index (κ2) is 13.9. The Morgan fingerprint density at radius 1 is 0.854 bits per heavy atom. The van der Waals surface area contributed by atoms with E-state index in [-0.39, 0.29) is 17.9 Å². The summed E-state index contributed by atoms with van der Waals surface area (Å²) in [5.41, 5.74) is 33.5. The smallest absolute Gasteiger partial charge is 0.168 e. The SMILES string of the molecule is Cc1cc(CN=[N+]=[N-])cc(-c2cccc(-c3cc(N=[N+]=[N-])cc(N=[N+]=[N-])c3)c2/N=C/c2cc(I)cc(I)c2ON)c1. The van der Waals surface area contributed by atoms with Crippen molar-refractivity contribution in [3.8, 4) is 28.0 Å². The molecule has 0 radical (unpaired) electrons. The molecule has 12 nitrogen and oxygen atoms in total. The topological polar surface area (TPSA) is 194 Å². The molecule has 0 saturated heterocycles. The zero-order valence-electron chi connectivity index (χ0n) is 21.3. The van der Waals surface area contributed by atoms with Crippen LogP contribution in [0.3, 0.4) is 0 Å². The molecule has 0 spiro atoms. The summed E-state index contributed by atoms with van der Waals surface area (Å²) in [4.78, 5) is 18.8. The van der Waals surface area contributed by atoms with Gasteiger partial charge < -0.3 is 4.84 Å². The molecule has 4 aromatic rings. The van der Waals surface area contributed by atoms with E-state index >= 15 is 0 Å². The van der Waals surface area contributed by atoms with Crippen LogP contribution in [0.25, 0.3) is 53.6 Å². The van der Waals surface area contributed by atoms with Crippen molar-refractivity contribution in [2.24, 2.45) is 26.2 Å². The number of benzene rings is 4. The molecule has 0 fully saturated rings. The fraction of sp³-hybridized carbons (Fsp3) is 0.0741. The number of halogens is 2. The third kappa shape index (κ3) is 7.27. The first-order valence-corrected chi connectivity index (χ1v) is 13.9. The van der Waals surface area contributed by atoms with Crippen molar-refractivity contribution in [1.29, 1.82) is 0 Å². The number of aryl methyl sites for hydroxylation is 1. The molecule has 0 aliphatic rings. The number of hydrogen-bond acceptors (Lipinski definition) is 6. The van der Waals surface area contributed by atoms with Crippen LogP contribution in [-0.2, 0) is 6.54 Å². The van der Waals surface area contributed by atoms with Crippen molar-refractivity contribution < 1.29 is 4.84 Å². The Morgan fingerprint density at radius 3 is 2.12 bits per heavy atom. The highest BCUT2D eigenvalue weighted by atomic mass is 127. The van der Waals surface area contributed by atoms with Gasteiger partial charge in [-0.3, -0.25) is 4.99 Å². The van der Waals surface area contributed by atoms with E-state index in [1.807, 2.05) is 55.5 Å². The van der Waals surface area contributed by atoms with E-state index in [1.165, 1.54) is 6.07 Å². The number of rotatable bonds is 9. The lowest BCUT2D eigenvalue weighted by atomic mass is 9.93. The highest BCUT2D eigenvalue weighted by molar-refractivity contribution is 14.1. The average Bonchev–Trinajstić information content (AvgIpc) is 2.94. The van der Waals surface area contributed by atoms with E-state index < -0.39 is 0 Å². The summed E-state index contributed by atoms with van der Waals surface area (Å²) in [7, 11) is 0. The van der Waals surface area contributed by atoms with Gasteiger partial charge in [0.25, 0.3) is 0 Å². The fourth-order valence-electron chi connectivity index (χ4n) is 4.27. The first-order chi connectivity index (χ1) is 19.9. The van der Waals surface area contributed by atoms with Crippen molar-refractivity contribution in [2.75, 3.05) is 0 Å². The van der Waals surface area contributed by atoms with Crippen molar-refractivity contribution >= 4 is 68.5 Å². The van der Waals surface area contributed by atoms with Crippen molar-refractivity contribution in [3.05, 3.63) is 122 Å². The molecule has 0 aromatic heterocycles. The Bertz CT molecular complexity index is 1780. The minimum absolute atomic E-state index is 0.200. The number of para-hydroxylation sites is 1. The molecule has 41 heavy (non-hydrogen) atoms. The van der Waals surface area contributed by atoms with Crippen LogP contribution in [0, 0.1) is 14.1 Å². The Balaban J connectivity index is 2.03. The van der Waals surface area contributed by atoms with Gasteiger partial charge in [0.05, 0.1) is 15.8 Å². The molecule has 202 valence electrons. The largest absolute Gasteiger partial charge is 0.410 e. The molecule has 0 aliphatic heterocycles. The van der Waals surface area contributed by atoms with Gasteiger partial charge in [-0.05, 0) is 116 Å². The van der Waals surface area contributed by atoms with Crippen LogP contribution in [0.2, 0.25) is 0 Å². The molecule has 14 heteroatoms. The monoisotopic (exact) mass is 767 g/mol. The third-order valence-corrected chi connectivity index (χ3v) is 7.25. The van der Waals surface area contributed by atoms with E-state index in [0.717, 1.165) is 29.4 Å². The van der Waals surface area contributed by atoms with Crippen LogP contribution in [0.15, 0.2) is 87.1 Å². The summed E-state index contributed by atoms with van der Waals surface area (Å²) in [5, 5.41) is 11.2. The summed E-state index contributed by atoms with van der Waals surface area (Å²) in [6, 6.07) is 20.4. The van der Waals surface area contributed by atoms with Crippen LogP contribution < -0.4 is 10.7 Å². The predicted molar refractivity (Wildman–Crippen MR) is 176 cm³/mol. The first kappa shape index (κ1) is 29.7. The third-order valence-electron chi connectivity index (χ3n) is 5.82. The van der Waals surface area contributed by atoms with Gasteiger partial charge in [0.1, 0.15) is 0 Å². The van der Waals surface area contributed by atoms with Crippen LogP contribution in [0.1, 0.15) is 16.7 Å². The summed E-state index contributed by atoms with van der Waals surface area (Å²) in [5.74, 6) is 6.08. The van der Waals surface area contributed by atoms with E-state index in [1.54, 1.807) is 18.3 Å². The molecule has 0 atom stereocenters. The molecule has 0 aliphatic carbocycles. The lowest BCUT2D eigenvalue weighted by molar-refractivity contribution is 0.331. The molecule has 0 saturated carbocycles. The molecular formula is C27H19I2N11O. The molecule has 0 amide bonds. The molecule has 0 heterocycles. The Hall–Kier alpha value is -4.30. The number of nitrogens with zero attached hydrogens (tertiary/aromatic N) is 10. The number of hydrogen-bond donors (Lipinski definition) is 1. The van der Waals surface area contributed by atoms with Gasteiger partial charge in [0.15, 0.2) is 5.75 Å². The van der Waals surface area contributed by atoms with Crippen molar-refractivity contribution in [3.63, 3.8) is 0 Å². The minimum Gasteiger partial charge on any atom is -0.410 e. The lowest BCUT2D eigenvalue weighted by Crippen LogP contribution is -2.06. The molecule has 2 N–H and O–H groups in total. The van der Waals surface area contributed by atoms with E-state index in [2.05, 4.69) is 75.3 Å². The standard InChI is InChI=1S/C27H19I2N11O/c1-15-5-16(13-35-38-30)7-17(6-15)23-3-2-4-24(18-9-21(36-39-31)12-22(10-18)37-40-32)26(23)34-14-19-8-20(28)11-25(29)27(19)41-33/h2-12,14H,13,33H2,1H3/b34-14+. The molecule has 0 unspecified atom stereocenters. The van der Waals surface area contributed by atoms with Crippen molar-refractivity contribution in [2.45, 2.75) is 13.5 Å². The van der Waals surface area contributed by atoms with E-state index in [0.29, 0.717) is 28.1 Å². The minimum atomic E-state index is 0.200. The zero-order valence-corrected chi connectivity index (χ0v) is 25.7. The lowest BCUT2D eigenvalue weighted by Gasteiger charge is -2.15. The Morgan fingerprint density at radius 2 is 1.51 bits per heavy atom. The van der Waals surface area contributed by atoms with Crippen molar-refractivity contribution in [1.82, 2.24) is 0 Å². The van der Waals surface area contributed by atoms with Gasteiger partial charge in [-0.2, -0.15) is 5.90 Å². The van der Waals surface area contributed by atoms with E-state index in [9.17, 15) is 0 Å². The number of aliphatic imine (C=N–C) groups is 1. The highest BCUT2D eigenvalue weighted by Gasteiger charge is 2.15. The maximum Gasteiger partial charge on any atom is 0.168 e. The molecule has 0 bridgehead atoms. The maximum absolute atomic E-state index is 9.05. The zero-order chi connectivity index (χ0) is 29.4. The van der Waals surface area contributed by atoms with Crippen LogP contribution >= 0.6 is 45.2 Å². The average molecular weight is 767 g/mol. The summed E-state index contributed by atoms with van der Waals surface area (Å²) < 4.78 is 1.81. The van der Waals surface area contributed by atoms with E-state index in [4.69, 9.17) is 32.3 Å².